The number of imidazole rings is 1. The molecule has 0 spiro atoms. The van der Waals surface area contributed by atoms with Gasteiger partial charge in [0.15, 0.2) is 0 Å². The van der Waals surface area contributed by atoms with Gasteiger partial charge in [-0.05, 0) is 18.6 Å². The number of nitrogens with two attached hydrogens (primary N) is 1. The molecule has 3 aromatic rings. The van der Waals surface area contributed by atoms with Crippen molar-refractivity contribution in [1.29, 1.82) is 0 Å². The summed E-state index contributed by atoms with van der Waals surface area (Å²) < 4.78 is 3.77. The number of rotatable bonds is 3. The summed E-state index contributed by atoms with van der Waals surface area (Å²) in [5.74, 6) is 0. The number of nitrogens with zero attached hydrogens (tertiary/aromatic N) is 5. The molecule has 0 aliphatic rings. The largest absolute Gasteiger partial charge is 0.325 e. The topological polar surface area (TPSA) is 74.0 Å². The van der Waals surface area contributed by atoms with Gasteiger partial charge in [0.1, 0.15) is 5.65 Å². The van der Waals surface area contributed by atoms with Gasteiger partial charge in [0, 0.05) is 18.9 Å². The smallest absolute Gasteiger partial charge is 0.140 e. The van der Waals surface area contributed by atoms with Crippen molar-refractivity contribution in [2.24, 2.45) is 5.73 Å². The van der Waals surface area contributed by atoms with E-state index in [1.165, 1.54) is 0 Å². The van der Waals surface area contributed by atoms with E-state index < -0.39 is 0 Å². The molecule has 6 heteroatoms. The third kappa shape index (κ3) is 1.86. The molecule has 3 heterocycles. The standard InChI is InChI=1S/C12H14N6/c1-9-3-2-4-17-6-11(14-12(9)17)8-18-7-10(5-13)15-16-18/h2-4,6-7H,5,8,13H2,1H3. The Bertz CT molecular complexity index is 681. The molecule has 6 nitrogen and oxygen atoms in total. The number of fused-ring (bicyclic) bond motifs is 1. The molecule has 2 N–H and O–H groups in total. The van der Waals surface area contributed by atoms with Crippen LogP contribution >= 0.6 is 0 Å². The summed E-state index contributed by atoms with van der Waals surface area (Å²) in [4.78, 5) is 4.59. The Morgan fingerprint density at radius 2 is 2.17 bits per heavy atom. The van der Waals surface area contributed by atoms with Crippen molar-refractivity contribution in [3.8, 4) is 0 Å². The highest BCUT2D eigenvalue weighted by Crippen LogP contribution is 2.10. The van der Waals surface area contributed by atoms with Gasteiger partial charge in [-0.25, -0.2) is 9.67 Å². The molecular weight excluding hydrogens is 228 g/mol. The zero-order valence-electron chi connectivity index (χ0n) is 10.1. The van der Waals surface area contributed by atoms with E-state index in [0.29, 0.717) is 13.1 Å². The predicted octanol–water partition coefficient (Wildman–Crippen LogP) is 0.741. The van der Waals surface area contributed by atoms with Gasteiger partial charge in [-0.2, -0.15) is 0 Å². The van der Waals surface area contributed by atoms with Crippen molar-refractivity contribution in [1.82, 2.24) is 24.4 Å². The van der Waals surface area contributed by atoms with E-state index in [4.69, 9.17) is 5.73 Å². The predicted molar refractivity (Wildman–Crippen MR) is 66.9 cm³/mol. The molecular formula is C12H14N6. The van der Waals surface area contributed by atoms with Gasteiger partial charge in [-0.15, -0.1) is 5.10 Å². The third-order valence-corrected chi connectivity index (χ3v) is 2.85. The van der Waals surface area contributed by atoms with E-state index in [2.05, 4.69) is 15.3 Å². The quantitative estimate of drug-likeness (QED) is 0.735. The maximum absolute atomic E-state index is 5.50. The van der Waals surface area contributed by atoms with Crippen molar-refractivity contribution in [2.45, 2.75) is 20.0 Å². The molecule has 0 bridgehead atoms. The van der Waals surface area contributed by atoms with Crippen LogP contribution in [-0.2, 0) is 13.1 Å². The molecule has 0 aliphatic heterocycles. The molecule has 0 atom stereocenters. The molecule has 0 aromatic carbocycles. The first-order chi connectivity index (χ1) is 8.76. The average Bonchev–Trinajstić information content (AvgIpc) is 2.96. The van der Waals surface area contributed by atoms with E-state index in [1.807, 2.05) is 42.0 Å². The minimum absolute atomic E-state index is 0.407. The first-order valence-electron chi connectivity index (χ1n) is 5.78. The number of aryl methyl sites for hydroxylation is 1. The van der Waals surface area contributed by atoms with Crippen LogP contribution in [0.5, 0.6) is 0 Å². The normalized spacial score (nSPS) is 11.2. The number of aromatic nitrogens is 5. The van der Waals surface area contributed by atoms with Crippen molar-refractivity contribution in [3.05, 3.63) is 47.7 Å². The molecule has 0 unspecified atom stereocenters. The van der Waals surface area contributed by atoms with Crippen LogP contribution in [0.1, 0.15) is 17.0 Å². The molecule has 0 aliphatic carbocycles. The summed E-state index contributed by atoms with van der Waals surface area (Å²) in [5, 5.41) is 7.97. The fraction of sp³-hybridized carbons (Fsp3) is 0.250. The van der Waals surface area contributed by atoms with Crippen molar-refractivity contribution in [3.63, 3.8) is 0 Å². The van der Waals surface area contributed by atoms with Crippen LogP contribution in [0, 0.1) is 6.92 Å². The summed E-state index contributed by atoms with van der Waals surface area (Å²) in [7, 11) is 0. The van der Waals surface area contributed by atoms with Crippen LogP contribution in [0.4, 0.5) is 0 Å². The minimum Gasteiger partial charge on any atom is -0.325 e. The van der Waals surface area contributed by atoms with E-state index in [-0.39, 0.29) is 0 Å². The summed E-state index contributed by atoms with van der Waals surface area (Å²) in [5.41, 5.74) is 9.38. The maximum atomic E-state index is 5.50. The maximum Gasteiger partial charge on any atom is 0.140 e. The summed E-state index contributed by atoms with van der Waals surface area (Å²) in [6.45, 7) is 3.06. The van der Waals surface area contributed by atoms with Gasteiger partial charge in [0.05, 0.1) is 24.1 Å². The molecule has 92 valence electrons. The highest BCUT2D eigenvalue weighted by molar-refractivity contribution is 5.47. The third-order valence-electron chi connectivity index (χ3n) is 2.85. The van der Waals surface area contributed by atoms with Crippen LogP contribution in [0.25, 0.3) is 5.65 Å². The van der Waals surface area contributed by atoms with Crippen LogP contribution in [-0.4, -0.2) is 24.4 Å². The molecule has 18 heavy (non-hydrogen) atoms. The number of hydrogen-bond donors (Lipinski definition) is 1. The van der Waals surface area contributed by atoms with Crippen LogP contribution in [0.15, 0.2) is 30.7 Å². The van der Waals surface area contributed by atoms with Crippen molar-refractivity contribution < 1.29 is 0 Å². The van der Waals surface area contributed by atoms with Gasteiger partial charge in [-0.1, -0.05) is 11.3 Å². The first kappa shape index (κ1) is 10.9. The summed E-state index contributed by atoms with van der Waals surface area (Å²) >= 11 is 0. The van der Waals surface area contributed by atoms with Crippen molar-refractivity contribution in [2.75, 3.05) is 0 Å². The van der Waals surface area contributed by atoms with Gasteiger partial charge >= 0.3 is 0 Å². The Balaban J connectivity index is 1.93. The molecule has 3 aromatic heterocycles. The molecule has 0 radical (unpaired) electrons. The van der Waals surface area contributed by atoms with Crippen molar-refractivity contribution >= 4 is 5.65 Å². The van der Waals surface area contributed by atoms with Gasteiger partial charge in [0.25, 0.3) is 0 Å². The lowest BCUT2D eigenvalue weighted by Gasteiger charge is -1.94. The Kier molecular flexibility index (Phi) is 2.56. The molecule has 0 saturated heterocycles. The Labute approximate surface area is 104 Å². The Morgan fingerprint density at radius 3 is 2.89 bits per heavy atom. The van der Waals surface area contributed by atoms with Crippen LogP contribution < -0.4 is 5.73 Å². The zero-order chi connectivity index (χ0) is 12.5. The lowest BCUT2D eigenvalue weighted by Crippen LogP contribution is -2.00. The Hall–Kier alpha value is -2.21. The second-order valence-electron chi connectivity index (χ2n) is 4.27. The summed E-state index contributed by atoms with van der Waals surface area (Å²) in [6.07, 6.45) is 5.84. The fourth-order valence-corrected chi connectivity index (χ4v) is 1.96. The van der Waals surface area contributed by atoms with Crippen LogP contribution in [0.3, 0.4) is 0 Å². The van der Waals surface area contributed by atoms with E-state index in [0.717, 1.165) is 22.6 Å². The first-order valence-corrected chi connectivity index (χ1v) is 5.78. The fourth-order valence-electron chi connectivity index (χ4n) is 1.96. The molecule has 0 saturated carbocycles. The second kappa shape index (κ2) is 4.23. The van der Waals surface area contributed by atoms with E-state index >= 15 is 0 Å². The highest BCUT2D eigenvalue weighted by Gasteiger charge is 2.05. The van der Waals surface area contributed by atoms with Gasteiger partial charge in [0.2, 0.25) is 0 Å². The second-order valence-corrected chi connectivity index (χ2v) is 4.27. The van der Waals surface area contributed by atoms with Crippen LogP contribution in [0.2, 0.25) is 0 Å². The lowest BCUT2D eigenvalue weighted by molar-refractivity contribution is 0.640. The minimum atomic E-state index is 0.407. The van der Waals surface area contributed by atoms with Gasteiger partial charge < -0.3 is 10.1 Å². The number of pyridine rings is 1. The zero-order valence-corrected chi connectivity index (χ0v) is 10.1. The Morgan fingerprint density at radius 1 is 1.28 bits per heavy atom. The SMILES string of the molecule is Cc1cccn2cc(Cn3cc(CN)nn3)nc12. The number of hydrogen-bond acceptors (Lipinski definition) is 4. The van der Waals surface area contributed by atoms with Gasteiger partial charge in [-0.3, -0.25) is 0 Å². The van der Waals surface area contributed by atoms with E-state index in [9.17, 15) is 0 Å². The van der Waals surface area contributed by atoms with E-state index in [1.54, 1.807) is 4.68 Å². The summed E-state index contributed by atoms with van der Waals surface area (Å²) in [6, 6.07) is 4.06. The lowest BCUT2D eigenvalue weighted by atomic mass is 10.3. The molecule has 0 fully saturated rings. The molecule has 0 amide bonds. The molecule has 3 rings (SSSR count). The highest BCUT2D eigenvalue weighted by atomic mass is 15.4. The monoisotopic (exact) mass is 242 g/mol. The average molecular weight is 242 g/mol.